The number of allylic oxidation sites excluding steroid dienone is 8. The van der Waals surface area contributed by atoms with Crippen LogP contribution < -0.4 is 0 Å². The van der Waals surface area contributed by atoms with Gasteiger partial charge in [-0.1, -0.05) is 262 Å². The third-order valence-electron chi connectivity index (χ3n) is 14.0. The molecule has 0 aromatic carbocycles. The molecule has 6 atom stereocenters. The highest BCUT2D eigenvalue weighted by Gasteiger charge is 2.48. The Kier molecular flexibility index (Phi) is 49.0. The van der Waals surface area contributed by atoms with Crippen LogP contribution in [0.4, 0.5) is 0 Å². The van der Waals surface area contributed by atoms with Crippen molar-refractivity contribution in [3.8, 4) is 0 Å². The summed E-state index contributed by atoms with van der Waals surface area (Å²) in [5.41, 5.74) is 0. The number of aliphatic hydroxyl groups is 3. The summed E-state index contributed by atoms with van der Waals surface area (Å²) < 4.78 is 59.5. The van der Waals surface area contributed by atoms with Crippen molar-refractivity contribution in [2.75, 3.05) is 26.4 Å². The van der Waals surface area contributed by atoms with Crippen molar-refractivity contribution in [1.82, 2.24) is 0 Å². The minimum atomic E-state index is -5.07. The van der Waals surface area contributed by atoms with E-state index in [0.29, 0.717) is 13.0 Å². The zero-order valence-electron chi connectivity index (χ0n) is 47.2. The smallest absolute Gasteiger partial charge is 0.397 e. The van der Waals surface area contributed by atoms with Gasteiger partial charge in [-0.15, -0.1) is 0 Å². The Morgan fingerprint density at radius 3 is 1.36 bits per heavy atom. The van der Waals surface area contributed by atoms with E-state index in [1.165, 1.54) is 173 Å². The molecule has 0 radical (unpaired) electrons. The molecule has 13 heteroatoms. The van der Waals surface area contributed by atoms with Gasteiger partial charge in [0.25, 0.3) is 0 Å². The van der Waals surface area contributed by atoms with Crippen LogP contribution in [-0.2, 0) is 38.3 Å². The molecule has 434 valence electrons. The fourth-order valence-corrected chi connectivity index (χ4v) is 9.94. The van der Waals surface area contributed by atoms with Crippen molar-refractivity contribution >= 4 is 16.4 Å². The van der Waals surface area contributed by atoms with Crippen LogP contribution in [0.1, 0.15) is 271 Å². The first-order valence-corrected chi connectivity index (χ1v) is 31.8. The van der Waals surface area contributed by atoms with Crippen LogP contribution in [-0.4, -0.2) is 97.5 Å². The van der Waals surface area contributed by atoms with Crippen molar-refractivity contribution in [3.05, 3.63) is 48.6 Å². The molecule has 0 bridgehead atoms. The van der Waals surface area contributed by atoms with Gasteiger partial charge in [0.1, 0.15) is 30.5 Å². The van der Waals surface area contributed by atoms with Gasteiger partial charge in [-0.05, 0) is 51.4 Å². The summed E-state index contributed by atoms with van der Waals surface area (Å²) in [5.74, 6) is -0.396. The van der Waals surface area contributed by atoms with Gasteiger partial charge in [0, 0.05) is 13.0 Å². The van der Waals surface area contributed by atoms with Gasteiger partial charge < -0.3 is 34.3 Å². The first-order valence-electron chi connectivity index (χ1n) is 30.4. The Morgan fingerprint density at radius 1 is 0.527 bits per heavy atom. The maximum atomic E-state index is 13.0. The van der Waals surface area contributed by atoms with Crippen molar-refractivity contribution in [2.45, 2.75) is 307 Å². The lowest BCUT2D eigenvalue weighted by molar-refractivity contribution is -0.301. The Hall–Kier alpha value is -1.94. The number of ether oxygens (including phenoxy) is 4. The summed E-state index contributed by atoms with van der Waals surface area (Å²) in [6, 6.07) is 0. The summed E-state index contributed by atoms with van der Waals surface area (Å²) in [5, 5.41) is 30.9. The molecule has 74 heavy (non-hydrogen) atoms. The number of aliphatic hydroxyl groups excluding tert-OH is 3. The zero-order valence-corrected chi connectivity index (χ0v) is 48.0. The highest BCUT2D eigenvalue weighted by molar-refractivity contribution is 7.80. The lowest BCUT2D eigenvalue weighted by Crippen LogP contribution is -2.60. The molecule has 0 amide bonds. The fourth-order valence-electron chi connectivity index (χ4n) is 9.43. The topological polar surface area (TPSA) is 178 Å². The highest BCUT2D eigenvalue weighted by atomic mass is 32.3. The van der Waals surface area contributed by atoms with E-state index in [2.05, 4.69) is 66.6 Å². The summed E-state index contributed by atoms with van der Waals surface area (Å²) in [6.45, 7) is 3.92. The van der Waals surface area contributed by atoms with Gasteiger partial charge in [-0.3, -0.25) is 9.35 Å². The Balaban J connectivity index is 2.26. The number of hydrogen-bond acceptors (Lipinski definition) is 11. The number of unbranched alkanes of at least 4 members (excludes halogenated alkanes) is 33. The molecule has 1 fully saturated rings. The van der Waals surface area contributed by atoms with E-state index in [-0.39, 0.29) is 19.6 Å². The Morgan fingerprint density at radius 2 is 0.932 bits per heavy atom. The van der Waals surface area contributed by atoms with Crippen LogP contribution in [0.25, 0.3) is 0 Å². The summed E-state index contributed by atoms with van der Waals surface area (Å²) in [4.78, 5) is 13.0. The number of carbonyl (C=O) groups excluding carboxylic acids is 1. The molecule has 1 aliphatic heterocycles. The molecule has 1 saturated heterocycles. The van der Waals surface area contributed by atoms with Crippen molar-refractivity contribution in [2.24, 2.45) is 0 Å². The number of rotatable bonds is 54. The molecule has 1 rings (SSSR count). The van der Waals surface area contributed by atoms with Gasteiger partial charge in [-0.25, -0.2) is 4.18 Å². The fraction of sp³-hybridized carbons (Fsp3) is 0.852. The molecule has 6 unspecified atom stereocenters. The predicted octanol–water partition coefficient (Wildman–Crippen LogP) is 15.4. The van der Waals surface area contributed by atoms with Crippen molar-refractivity contribution in [1.29, 1.82) is 0 Å². The summed E-state index contributed by atoms with van der Waals surface area (Å²) >= 11 is 0. The molecule has 0 aromatic rings. The normalized spacial score (nSPS) is 19.0. The van der Waals surface area contributed by atoms with Crippen LogP contribution in [0.5, 0.6) is 0 Å². The molecule has 4 N–H and O–H groups in total. The first-order chi connectivity index (χ1) is 36.1. The molecule has 12 nitrogen and oxygen atoms in total. The zero-order chi connectivity index (χ0) is 53.8. The Bertz CT molecular complexity index is 1470. The molecule has 0 aliphatic carbocycles. The van der Waals surface area contributed by atoms with Gasteiger partial charge in [-0.2, -0.15) is 8.42 Å². The lowest BCUT2D eigenvalue weighted by Gasteiger charge is -2.41. The van der Waals surface area contributed by atoms with Gasteiger partial charge in [0.2, 0.25) is 0 Å². The summed E-state index contributed by atoms with van der Waals surface area (Å²) in [7, 11) is -5.07. The van der Waals surface area contributed by atoms with E-state index in [0.717, 1.165) is 70.6 Å². The minimum absolute atomic E-state index is 0.0337. The molecule has 0 spiro atoms. The second-order valence-corrected chi connectivity index (χ2v) is 22.0. The van der Waals surface area contributed by atoms with E-state index in [1.54, 1.807) is 0 Å². The third-order valence-corrected chi connectivity index (χ3v) is 14.4. The maximum Gasteiger partial charge on any atom is 0.397 e. The van der Waals surface area contributed by atoms with E-state index in [9.17, 15) is 33.1 Å². The summed E-state index contributed by atoms with van der Waals surface area (Å²) in [6.07, 6.45) is 57.3. The largest absolute Gasteiger partial charge is 0.457 e. The third kappa shape index (κ3) is 44.1. The van der Waals surface area contributed by atoms with E-state index in [4.69, 9.17) is 18.9 Å². The average molecular weight is 1070 g/mol. The molecule has 1 heterocycles. The number of esters is 1. The minimum Gasteiger partial charge on any atom is -0.457 e. The predicted molar refractivity (Wildman–Crippen MR) is 303 cm³/mol. The van der Waals surface area contributed by atoms with Crippen LogP contribution in [0.3, 0.4) is 0 Å². The quantitative estimate of drug-likeness (QED) is 0.0196. The van der Waals surface area contributed by atoms with Crippen LogP contribution in [0.2, 0.25) is 0 Å². The standard InChI is InChI=1S/C61H112O12S/c1-3-5-7-9-11-13-15-17-19-21-23-25-27-28-29-30-32-34-36-38-40-42-44-46-48-50-57(63)71-55(54-70-61-59(65)60(73-74(66,67)68)58(64)56(52-62)72-61)53-69-51-49-47-45-43-41-39-37-35-33-31-26-24-22-20-18-16-14-12-10-8-6-4-2/h6,8,12,14,18,20,24,26,55-56,58-62,64-65H,3-5,7,9-11,13,15-17,19,21-23,25,27-54H2,1-2H3,(H,66,67,68)/b8-6-,14-12-,20-18-,26-24-. The van der Waals surface area contributed by atoms with Gasteiger partial charge in [0.05, 0.1) is 19.8 Å². The van der Waals surface area contributed by atoms with E-state index in [1.807, 2.05) is 0 Å². The van der Waals surface area contributed by atoms with Crippen LogP contribution in [0.15, 0.2) is 48.6 Å². The van der Waals surface area contributed by atoms with Crippen LogP contribution >= 0.6 is 0 Å². The lowest BCUT2D eigenvalue weighted by atomic mass is 9.99. The monoisotopic (exact) mass is 1070 g/mol. The SMILES string of the molecule is CC/C=C\C/C=C\C/C=C\C/C=C\CCCCCCCCCCCOCC(COC1OC(CO)C(O)C(OS(=O)(=O)O)C1O)OC(=O)CCCCCCCCCCCCCCCCCCCCCCCCCCC. The van der Waals surface area contributed by atoms with Crippen LogP contribution in [0, 0.1) is 0 Å². The van der Waals surface area contributed by atoms with Gasteiger partial charge >= 0.3 is 16.4 Å². The van der Waals surface area contributed by atoms with Gasteiger partial charge in [0.15, 0.2) is 6.29 Å². The van der Waals surface area contributed by atoms with E-state index < -0.39 is 59.8 Å². The second kappa shape index (κ2) is 51.8. The van der Waals surface area contributed by atoms with Crippen molar-refractivity contribution in [3.63, 3.8) is 0 Å². The molecule has 0 saturated carbocycles. The van der Waals surface area contributed by atoms with E-state index >= 15 is 0 Å². The second-order valence-electron chi connectivity index (χ2n) is 20.9. The first kappa shape index (κ1) is 70.1. The highest BCUT2D eigenvalue weighted by Crippen LogP contribution is 2.26. The van der Waals surface area contributed by atoms with Crippen molar-refractivity contribution < 1.29 is 56.2 Å². The maximum absolute atomic E-state index is 13.0. The number of hydrogen-bond donors (Lipinski definition) is 4. The molecule has 1 aliphatic rings. The average Bonchev–Trinajstić information content (AvgIpc) is 3.38. The molecular weight excluding hydrogens is 957 g/mol. The molecular formula is C61H112O12S. The molecule has 0 aromatic heterocycles. The Labute approximate surface area is 453 Å². The number of carbonyl (C=O) groups is 1.